The van der Waals surface area contributed by atoms with E-state index in [-0.39, 0.29) is 6.61 Å². The van der Waals surface area contributed by atoms with Crippen molar-refractivity contribution in [3.8, 4) is 28.7 Å². The van der Waals surface area contributed by atoms with E-state index in [1.165, 1.54) is 5.56 Å². The number of methoxy groups -OCH3 is 2. The number of hydrogen-bond acceptors (Lipinski definition) is 8. The second-order valence-corrected chi connectivity index (χ2v) is 7.72. The molecule has 4 rings (SSSR count). The highest BCUT2D eigenvalue weighted by Crippen LogP contribution is 2.37. The number of hydrogen-bond donors (Lipinski definition) is 1. The first-order valence-electron chi connectivity index (χ1n) is 10.5. The lowest BCUT2D eigenvalue weighted by Crippen LogP contribution is -2.48. The van der Waals surface area contributed by atoms with E-state index in [0.717, 1.165) is 44.2 Å². The van der Waals surface area contributed by atoms with E-state index in [0.29, 0.717) is 30.6 Å². The Morgan fingerprint density at radius 1 is 0.935 bits per heavy atom. The van der Waals surface area contributed by atoms with Crippen molar-refractivity contribution in [1.82, 2.24) is 9.80 Å². The maximum Gasteiger partial charge on any atom is 0.231 e. The molecule has 0 radical (unpaired) electrons. The van der Waals surface area contributed by atoms with Crippen molar-refractivity contribution in [2.24, 2.45) is 0 Å². The average molecular weight is 431 g/mol. The summed E-state index contributed by atoms with van der Waals surface area (Å²) in [4.78, 5) is 4.68. The van der Waals surface area contributed by atoms with Crippen LogP contribution in [0.15, 0.2) is 36.4 Å². The number of para-hydroxylation sites is 1. The standard InChI is InChI=1S/C23H30N2O6/c1-27-20-4-3-5-21(28-2)23(20)29-15-18(26)14-25-10-8-24(9-11-25)13-17-6-7-19-22(12-17)31-16-30-19/h3-7,12,18,26H,8-11,13-16H2,1-2H3/t18-/m0/s1. The van der Waals surface area contributed by atoms with Gasteiger partial charge < -0.3 is 28.8 Å². The molecule has 1 N–H and O–H groups in total. The molecule has 2 aromatic rings. The van der Waals surface area contributed by atoms with E-state index in [4.69, 9.17) is 23.7 Å². The van der Waals surface area contributed by atoms with Crippen molar-refractivity contribution in [3.63, 3.8) is 0 Å². The Morgan fingerprint density at radius 3 is 2.32 bits per heavy atom. The number of nitrogens with zero attached hydrogens (tertiary/aromatic N) is 2. The minimum Gasteiger partial charge on any atom is -0.493 e. The fourth-order valence-electron chi connectivity index (χ4n) is 3.92. The van der Waals surface area contributed by atoms with Gasteiger partial charge in [0.05, 0.1) is 14.2 Å². The van der Waals surface area contributed by atoms with Crippen LogP contribution >= 0.6 is 0 Å². The second kappa shape index (κ2) is 10.1. The molecule has 0 unspecified atom stereocenters. The van der Waals surface area contributed by atoms with Gasteiger partial charge in [-0.05, 0) is 29.8 Å². The van der Waals surface area contributed by atoms with Gasteiger partial charge in [0.25, 0.3) is 0 Å². The highest BCUT2D eigenvalue weighted by atomic mass is 16.7. The normalized spacial score (nSPS) is 17.4. The third-order valence-corrected chi connectivity index (χ3v) is 5.58. The fraction of sp³-hybridized carbons (Fsp3) is 0.478. The van der Waals surface area contributed by atoms with Crippen molar-refractivity contribution in [1.29, 1.82) is 0 Å². The lowest BCUT2D eigenvalue weighted by Gasteiger charge is -2.35. The van der Waals surface area contributed by atoms with Crippen molar-refractivity contribution >= 4 is 0 Å². The van der Waals surface area contributed by atoms with E-state index in [1.54, 1.807) is 14.2 Å². The van der Waals surface area contributed by atoms with Gasteiger partial charge in [0.15, 0.2) is 23.0 Å². The summed E-state index contributed by atoms with van der Waals surface area (Å²) in [7, 11) is 3.17. The van der Waals surface area contributed by atoms with E-state index >= 15 is 0 Å². The Labute approximate surface area is 182 Å². The van der Waals surface area contributed by atoms with E-state index in [2.05, 4.69) is 21.9 Å². The lowest BCUT2D eigenvalue weighted by atomic mass is 10.1. The molecule has 0 bridgehead atoms. The Kier molecular flexibility index (Phi) is 7.01. The molecular formula is C23H30N2O6. The molecule has 8 heteroatoms. The number of β-amino-alcohol motifs (C(OH)–C–C–N with tert-alkyl or cyclic N) is 1. The van der Waals surface area contributed by atoms with Gasteiger partial charge in [0, 0.05) is 39.3 Å². The summed E-state index contributed by atoms with van der Waals surface area (Å²) in [5.41, 5.74) is 1.22. The summed E-state index contributed by atoms with van der Waals surface area (Å²) in [6, 6.07) is 11.6. The zero-order valence-corrected chi connectivity index (χ0v) is 18.1. The molecule has 2 heterocycles. The first-order chi connectivity index (χ1) is 15.2. The van der Waals surface area contributed by atoms with Gasteiger partial charge >= 0.3 is 0 Å². The van der Waals surface area contributed by atoms with Gasteiger partial charge in [-0.15, -0.1) is 0 Å². The fourth-order valence-corrected chi connectivity index (χ4v) is 3.92. The number of aliphatic hydroxyl groups is 1. The zero-order chi connectivity index (χ0) is 21.6. The molecule has 0 spiro atoms. The SMILES string of the molecule is COc1cccc(OC)c1OC[C@@H](O)CN1CCN(Cc2ccc3c(c2)OCO3)CC1. The van der Waals surface area contributed by atoms with Gasteiger partial charge in [-0.25, -0.2) is 0 Å². The Morgan fingerprint density at radius 2 is 1.61 bits per heavy atom. The summed E-state index contributed by atoms with van der Waals surface area (Å²) >= 11 is 0. The molecule has 0 saturated carbocycles. The van der Waals surface area contributed by atoms with Gasteiger partial charge in [-0.2, -0.15) is 0 Å². The van der Waals surface area contributed by atoms with Crippen molar-refractivity contribution in [2.75, 3.05) is 60.3 Å². The van der Waals surface area contributed by atoms with Crippen LogP contribution in [0.5, 0.6) is 28.7 Å². The smallest absolute Gasteiger partial charge is 0.231 e. The third-order valence-electron chi connectivity index (χ3n) is 5.58. The Balaban J connectivity index is 1.22. The first-order valence-corrected chi connectivity index (χ1v) is 10.5. The minimum absolute atomic E-state index is 0.175. The Hall–Kier alpha value is -2.68. The molecule has 31 heavy (non-hydrogen) atoms. The highest BCUT2D eigenvalue weighted by molar-refractivity contribution is 5.51. The maximum absolute atomic E-state index is 10.5. The number of benzene rings is 2. The molecule has 8 nitrogen and oxygen atoms in total. The summed E-state index contributed by atoms with van der Waals surface area (Å²) in [5, 5.41) is 10.5. The lowest BCUT2D eigenvalue weighted by molar-refractivity contribution is 0.0434. The molecule has 1 fully saturated rings. The van der Waals surface area contributed by atoms with Gasteiger partial charge in [-0.1, -0.05) is 12.1 Å². The number of ether oxygens (including phenoxy) is 5. The number of fused-ring (bicyclic) bond motifs is 1. The van der Waals surface area contributed by atoms with Crippen LogP contribution in [0.4, 0.5) is 0 Å². The van der Waals surface area contributed by atoms with E-state index < -0.39 is 6.10 Å². The number of piperazine rings is 1. The van der Waals surface area contributed by atoms with Crippen LogP contribution in [0.3, 0.4) is 0 Å². The Bertz CT molecular complexity index is 847. The largest absolute Gasteiger partial charge is 0.493 e. The first kappa shape index (κ1) is 21.5. The minimum atomic E-state index is -0.602. The van der Waals surface area contributed by atoms with Crippen LogP contribution in [0.2, 0.25) is 0 Å². The predicted octanol–water partition coefficient (Wildman–Crippen LogP) is 1.99. The van der Waals surface area contributed by atoms with Crippen molar-refractivity contribution in [3.05, 3.63) is 42.0 Å². The molecule has 1 atom stereocenters. The van der Waals surface area contributed by atoms with Crippen LogP contribution in [0.1, 0.15) is 5.56 Å². The number of aliphatic hydroxyl groups excluding tert-OH is 1. The summed E-state index contributed by atoms with van der Waals surface area (Å²) < 4.78 is 27.4. The van der Waals surface area contributed by atoms with E-state index in [9.17, 15) is 5.11 Å². The predicted molar refractivity (Wildman–Crippen MR) is 115 cm³/mol. The quantitative estimate of drug-likeness (QED) is 0.648. The molecule has 168 valence electrons. The third kappa shape index (κ3) is 5.33. The maximum atomic E-state index is 10.5. The summed E-state index contributed by atoms with van der Waals surface area (Å²) in [5.74, 6) is 3.33. The average Bonchev–Trinajstić information content (AvgIpc) is 3.26. The molecule has 2 aliphatic rings. The molecule has 2 aliphatic heterocycles. The van der Waals surface area contributed by atoms with Gasteiger partial charge in [0.2, 0.25) is 12.5 Å². The van der Waals surface area contributed by atoms with Crippen molar-refractivity contribution < 1.29 is 28.8 Å². The molecule has 0 aromatic heterocycles. The molecule has 0 amide bonds. The van der Waals surface area contributed by atoms with Crippen LogP contribution in [0.25, 0.3) is 0 Å². The summed E-state index contributed by atoms with van der Waals surface area (Å²) in [6.45, 7) is 5.62. The molecular weight excluding hydrogens is 400 g/mol. The molecule has 1 saturated heterocycles. The topological polar surface area (TPSA) is 72.9 Å². The van der Waals surface area contributed by atoms with Crippen LogP contribution in [-0.4, -0.2) is 81.4 Å². The van der Waals surface area contributed by atoms with Crippen LogP contribution < -0.4 is 23.7 Å². The second-order valence-electron chi connectivity index (χ2n) is 7.72. The number of rotatable bonds is 9. The highest BCUT2D eigenvalue weighted by Gasteiger charge is 2.21. The zero-order valence-electron chi connectivity index (χ0n) is 18.1. The summed E-state index contributed by atoms with van der Waals surface area (Å²) in [6.07, 6.45) is -0.602. The van der Waals surface area contributed by atoms with Crippen molar-refractivity contribution in [2.45, 2.75) is 12.6 Å². The monoisotopic (exact) mass is 430 g/mol. The molecule has 2 aromatic carbocycles. The van der Waals surface area contributed by atoms with Gasteiger partial charge in [-0.3, -0.25) is 9.80 Å². The van der Waals surface area contributed by atoms with Crippen LogP contribution in [-0.2, 0) is 6.54 Å². The van der Waals surface area contributed by atoms with Crippen LogP contribution in [0, 0.1) is 0 Å². The molecule has 0 aliphatic carbocycles. The van der Waals surface area contributed by atoms with Gasteiger partial charge in [0.1, 0.15) is 12.7 Å². The van der Waals surface area contributed by atoms with E-state index in [1.807, 2.05) is 24.3 Å².